The van der Waals surface area contributed by atoms with E-state index < -0.39 is 32.3 Å². The largest absolute Gasteiger partial charge is 0.372 e. The Bertz CT molecular complexity index is 1720. The topological polar surface area (TPSA) is 109 Å². The Kier molecular flexibility index (Phi) is 8.95. The molecule has 4 aromatic rings. The van der Waals surface area contributed by atoms with Crippen LogP contribution in [0.4, 0.5) is 20.2 Å². The molecule has 1 unspecified atom stereocenters. The van der Waals surface area contributed by atoms with Gasteiger partial charge in [-0.3, -0.25) is 4.79 Å². The lowest BCUT2D eigenvalue weighted by molar-refractivity contribution is 0.0343. The molecule has 13 heteroatoms. The maximum atomic E-state index is 13.7. The average Bonchev–Trinajstić information content (AvgIpc) is 3.37. The Hall–Kier alpha value is -4.07. The fraction of sp³-hybridized carbons (Fsp3) is 0.333. The smallest absolute Gasteiger partial charge is 0.273 e. The molecule has 0 spiro atoms. The lowest BCUT2D eigenvalue weighted by Gasteiger charge is -2.30. The number of nitrogens with one attached hydrogen (secondary N) is 2. The molecular weight excluding hydrogens is 578 g/mol. The third-order valence-electron chi connectivity index (χ3n) is 7.27. The van der Waals surface area contributed by atoms with Crippen LogP contribution in [0.1, 0.15) is 29.6 Å². The summed E-state index contributed by atoms with van der Waals surface area (Å²) in [6.07, 6.45) is 3.99. The third-order valence-corrected chi connectivity index (χ3v) is 9.00. The summed E-state index contributed by atoms with van der Waals surface area (Å²) in [4.78, 5) is 18.5. The van der Waals surface area contributed by atoms with Gasteiger partial charge in [0.05, 0.1) is 38.4 Å². The Balaban J connectivity index is 1.44. The van der Waals surface area contributed by atoms with Crippen molar-refractivity contribution >= 4 is 38.0 Å². The van der Waals surface area contributed by atoms with Crippen molar-refractivity contribution in [3.05, 3.63) is 78.0 Å². The molecule has 10 nitrogen and oxygen atoms in total. The van der Waals surface area contributed by atoms with E-state index in [1.165, 1.54) is 29.2 Å². The predicted octanol–water partition coefficient (Wildman–Crippen LogP) is 4.47. The van der Waals surface area contributed by atoms with Crippen LogP contribution in [0.25, 0.3) is 10.9 Å². The number of hydrogen-bond acceptors (Lipinski definition) is 8. The molecule has 2 heterocycles. The first-order valence-electron chi connectivity index (χ1n) is 13.9. The van der Waals surface area contributed by atoms with Crippen LogP contribution in [0.15, 0.2) is 70.6 Å². The number of likely N-dealkylation sites (N-methyl/N-ethyl adjacent to an activating group) is 2. The standard InChI is InChI=1S/C30H34F2N6O4S/c1-36(2)12-13-37(3)27-8-6-7-25(29(27)34-28-9-4-5-14-42-28)30(39)35-38-26-11-10-23(15-20(26)19-33-38)43(40,41)24-17-21(31)16-22(32)18-24/h6-8,10-11,15-19,28,34H,4-5,9,12-14H2,1-3H3,(H,35,39). The van der Waals surface area contributed by atoms with Gasteiger partial charge in [0, 0.05) is 38.2 Å². The number of rotatable bonds is 10. The second kappa shape index (κ2) is 12.7. The normalized spacial score (nSPS) is 15.5. The van der Waals surface area contributed by atoms with E-state index in [2.05, 4.69) is 25.6 Å². The summed E-state index contributed by atoms with van der Waals surface area (Å²) < 4.78 is 59.5. The molecule has 2 N–H and O–H groups in total. The highest BCUT2D eigenvalue weighted by atomic mass is 32.2. The maximum Gasteiger partial charge on any atom is 0.273 e. The summed E-state index contributed by atoms with van der Waals surface area (Å²) in [6, 6.07) is 11.8. The molecule has 228 valence electrons. The molecule has 1 fully saturated rings. The molecule has 0 aliphatic carbocycles. The highest BCUT2D eigenvalue weighted by Gasteiger charge is 2.24. The highest BCUT2D eigenvalue weighted by molar-refractivity contribution is 7.91. The van der Waals surface area contributed by atoms with Gasteiger partial charge in [-0.1, -0.05) is 6.07 Å². The number of benzene rings is 3. The van der Waals surface area contributed by atoms with Crippen LogP contribution in [0.3, 0.4) is 0 Å². The molecule has 43 heavy (non-hydrogen) atoms. The summed E-state index contributed by atoms with van der Waals surface area (Å²) in [5.41, 5.74) is 5.10. The number of fused-ring (bicyclic) bond motifs is 1. The van der Waals surface area contributed by atoms with Gasteiger partial charge < -0.3 is 19.9 Å². The number of carbonyl (C=O) groups excluding carboxylic acids is 1. The van der Waals surface area contributed by atoms with E-state index in [-0.39, 0.29) is 11.1 Å². The van der Waals surface area contributed by atoms with Crippen molar-refractivity contribution in [2.24, 2.45) is 0 Å². The summed E-state index contributed by atoms with van der Waals surface area (Å²) in [5, 5.41) is 8.10. The maximum absolute atomic E-state index is 13.7. The molecule has 0 saturated carbocycles. The lowest BCUT2D eigenvalue weighted by Crippen LogP contribution is -2.33. The third kappa shape index (κ3) is 6.79. The van der Waals surface area contributed by atoms with Gasteiger partial charge in [0.1, 0.15) is 17.9 Å². The molecular formula is C30H34F2N6O4S. The summed E-state index contributed by atoms with van der Waals surface area (Å²) in [7, 11) is 1.76. The minimum atomic E-state index is -4.21. The van der Waals surface area contributed by atoms with Gasteiger partial charge in [0.15, 0.2) is 0 Å². The molecule has 1 aromatic heterocycles. The lowest BCUT2D eigenvalue weighted by atomic mass is 10.1. The van der Waals surface area contributed by atoms with E-state index in [0.717, 1.165) is 50.2 Å². The molecule has 5 rings (SSSR count). The zero-order valence-electron chi connectivity index (χ0n) is 24.2. The van der Waals surface area contributed by atoms with E-state index in [4.69, 9.17) is 4.74 Å². The van der Waals surface area contributed by atoms with E-state index in [0.29, 0.717) is 34.8 Å². The van der Waals surface area contributed by atoms with E-state index >= 15 is 0 Å². The van der Waals surface area contributed by atoms with Gasteiger partial charge in [0.2, 0.25) is 9.84 Å². The van der Waals surface area contributed by atoms with Crippen molar-refractivity contribution in [2.45, 2.75) is 35.3 Å². The van der Waals surface area contributed by atoms with E-state index in [1.54, 1.807) is 6.07 Å². The van der Waals surface area contributed by atoms with E-state index in [9.17, 15) is 22.0 Å². The van der Waals surface area contributed by atoms with Crippen molar-refractivity contribution in [1.82, 2.24) is 14.8 Å². The number of aromatic nitrogens is 2. The Morgan fingerprint density at radius 3 is 2.49 bits per heavy atom. The van der Waals surface area contributed by atoms with Crippen LogP contribution in [0, 0.1) is 11.6 Å². The van der Waals surface area contributed by atoms with Crippen LogP contribution in [-0.2, 0) is 14.6 Å². The molecule has 1 aliphatic rings. The van der Waals surface area contributed by atoms with Crippen LogP contribution in [-0.4, -0.2) is 76.2 Å². The van der Waals surface area contributed by atoms with Crippen molar-refractivity contribution in [2.75, 3.05) is 56.5 Å². The number of ether oxygens (including phenoxy) is 1. The minimum Gasteiger partial charge on any atom is -0.372 e. The van der Waals surface area contributed by atoms with Crippen molar-refractivity contribution in [3.63, 3.8) is 0 Å². The number of amides is 1. The molecule has 3 aromatic carbocycles. The highest BCUT2D eigenvalue weighted by Crippen LogP contribution is 2.32. The first-order chi connectivity index (χ1) is 20.5. The number of sulfone groups is 1. The van der Waals surface area contributed by atoms with Crippen LogP contribution >= 0.6 is 0 Å². The zero-order chi connectivity index (χ0) is 30.7. The molecule has 1 aliphatic heterocycles. The van der Waals surface area contributed by atoms with Crippen molar-refractivity contribution in [3.8, 4) is 0 Å². The van der Waals surface area contributed by atoms with Gasteiger partial charge in [-0.25, -0.2) is 22.6 Å². The second-order valence-corrected chi connectivity index (χ2v) is 12.7. The van der Waals surface area contributed by atoms with Crippen LogP contribution in [0.2, 0.25) is 0 Å². The first kappa shape index (κ1) is 30.4. The number of hydrogen-bond donors (Lipinski definition) is 2. The second-order valence-electron chi connectivity index (χ2n) is 10.8. The summed E-state index contributed by atoms with van der Waals surface area (Å²) in [6.45, 7) is 2.19. The molecule has 0 radical (unpaired) electrons. The zero-order valence-corrected chi connectivity index (χ0v) is 25.0. The number of carbonyl (C=O) groups is 1. The van der Waals surface area contributed by atoms with E-state index in [1.807, 2.05) is 33.3 Å². The van der Waals surface area contributed by atoms with Gasteiger partial charge in [-0.15, -0.1) is 0 Å². The SMILES string of the molecule is CN(C)CCN(C)c1cccc(C(=O)Nn2ncc3cc(S(=O)(=O)c4cc(F)cc(F)c4)ccc32)c1NC1CCCCO1. The van der Waals surface area contributed by atoms with Crippen molar-refractivity contribution in [1.29, 1.82) is 0 Å². The Morgan fingerprint density at radius 2 is 1.79 bits per heavy atom. The minimum absolute atomic E-state index is 0.164. The van der Waals surface area contributed by atoms with Gasteiger partial charge in [-0.05, 0) is 75.8 Å². The quantitative estimate of drug-likeness (QED) is 0.270. The summed E-state index contributed by atoms with van der Waals surface area (Å²) >= 11 is 0. The van der Waals surface area contributed by atoms with Gasteiger partial charge in [-0.2, -0.15) is 9.89 Å². The number of halogens is 2. The Morgan fingerprint density at radius 1 is 1.02 bits per heavy atom. The fourth-order valence-electron chi connectivity index (χ4n) is 4.93. The van der Waals surface area contributed by atoms with Crippen LogP contribution in [0.5, 0.6) is 0 Å². The number of nitrogens with zero attached hydrogens (tertiary/aromatic N) is 4. The predicted molar refractivity (Wildman–Crippen MR) is 161 cm³/mol. The van der Waals surface area contributed by atoms with Crippen LogP contribution < -0.4 is 15.6 Å². The van der Waals surface area contributed by atoms with Crippen molar-refractivity contribution < 1.29 is 26.7 Å². The fourth-order valence-corrected chi connectivity index (χ4v) is 6.27. The Labute approximate surface area is 249 Å². The molecule has 0 bridgehead atoms. The van der Waals surface area contributed by atoms with Gasteiger partial charge >= 0.3 is 0 Å². The number of para-hydroxylation sites is 1. The summed E-state index contributed by atoms with van der Waals surface area (Å²) in [5.74, 6) is -2.42. The molecule has 1 saturated heterocycles. The first-order valence-corrected chi connectivity index (χ1v) is 15.4. The van der Waals surface area contributed by atoms with Gasteiger partial charge in [0.25, 0.3) is 5.91 Å². The monoisotopic (exact) mass is 612 g/mol. The molecule has 1 atom stereocenters. The molecule has 1 amide bonds. The average molecular weight is 613 g/mol. The number of anilines is 2.